The standard InChI is InChI=1S/C17H17ClO/c1-13(12-14(2)19)17(18)11-7-6-10-16(17)15-8-4-3-5-9-15/h3-12,16H,1-2H3/b13-12+. The molecule has 1 aliphatic rings. The second kappa shape index (κ2) is 5.58. The molecule has 2 unspecified atom stereocenters. The summed E-state index contributed by atoms with van der Waals surface area (Å²) in [5.74, 6) is 0.0586. The fraction of sp³-hybridized carbons (Fsp3) is 0.235. The molecule has 0 aliphatic heterocycles. The Morgan fingerprint density at radius 1 is 1.21 bits per heavy atom. The largest absolute Gasteiger partial charge is 0.295 e. The van der Waals surface area contributed by atoms with E-state index in [1.54, 1.807) is 13.0 Å². The summed E-state index contributed by atoms with van der Waals surface area (Å²) in [7, 11) is 0. The first-order chi connectivity index (χ1) is 9.04. The Kier molecular flexibility index (Phi) is 4.06. The zero-order valence-electron chi connectivity index (χ0n) is 11.1. The van der Waals surface area contributed by atoms with E-state index < -0.39 is 4.87 Å². The Balaban J connectivity index is 2.45. The molecule has 2 heteroatoms. The molecule has 1 aromatic rings. The lowest BCUT2D eigenvalue weighted by Crippen LogP contribution is -2.30. The average Bonchev–Trinajstić information content (AvgIpc) is 2.39. The van der Waals surface area contributed by atoms with Gasteiger partial charge in [-0.05, 0) is 31.1 Å². The van der Waals surface area contributed by atoms with Crippen LogP contribution in [0.5, 0.6) is 0 Å². The molecule has 0 bridgehead atoms. The van der Waals surface area contributed by atoms with Crippen molar-refractivity contribution in [3.63, 3.8) is 0 Å². The van der Waals surface area contributed by atoms with Gasteiger partial charge in [-0.25, -0.2) is 0 Å². The van der Waals surface area contributed by atoms with E-state index in [1.807, 2.05) is 43.4 Å². The highest BCUT2D eigenvalue weighted by Gasteiger charge is 2.36. The molecule has 1 aliphatic carbocycles. The third-order valence-electron chi connectivity index (χ3n) is 3.39. The van der Waals surface area contributed by atoms with Crippen LogP contribution in [0.2, 0.25) is 0 Å². The molecule has 0 spiro atoms. The van der Waals surface area contributed by atoms with Crippen LogP contribution in [-0.2, 0) is 4.79 Å². The maximum absolute atomic E-state index is 11.3. The molecule has 0 saturated carbocycles. The minimum atomic E-state index is -0.665. The summed E-state index contributed by atoms with van der Waals surface area (Å²) in [6.45, 7) is 3.46. The van der Waals surface area contributed by atoms with Crippen LogP contribution in [0.1, 0.15) is 25.3 Å². The molecule has 2 rings (SSSR count). The van der Waals surface area contributed by atoms with E-state index >= 15 is 0 Å². The monoisotopic (exact) mass is 272 g/mol. The summed E-state index contributed by atoms with van der Waals surface area (Å²) in [6, 6.07) is 10.1. The Morgan fingerprint density at radius 3 is 2.53 bits per heavy atom. The summed E-state index contributed by atoms with van der Waals surface area (Å²) in [4.78, 5) is 10.6. The highest BCUT2D eigenvalue weighted by molar-refractivity contribution is 6.28. The average molecular weight is 273 g/mol. The zero-order valence-corrected chi connectivity index (χ0v) is 11.9. The van der Waals surface area contributed by atoms with Gasteiger partial charge in [-0.1, -0.05) is 54.6 Å². The highest BCUT2D eigenvalue weighted by Crippen LogP contribution is 2.43. The number of ketones is 1. The molecule has 2 atom stereocenters. The fourth-order valence-electron chi connectivity index (χ4n) is 2.42. The Morgan fingerprint density at radius 2 is 1.89 bits per heavy atom. The smallest absolute Gasteiger partial charge is 0.152 e. The van der Waals surface area contributed by atoms with Gasteiger partial charge in [0.25, 0.3) is 0 Å². The van der Waals surface area contributed by atoms with Gasteiger partial charge >= 0.3 is 0 Å². The second-order valence-corrected chi connectivity index (χ2v) is 5.46. The molecule has 98 valence electrons. The van der Waals surface area contributed by atoms with E-state index in [2.05, 4.69) is 18.2 Å². The molecule has 0 fully saturated rings. The molecule has 0 saturated heterocycles. The Bertz CT molecular complexity index is 554. The van der Waals surface area contributed by atoms with Crippen molar-refractivity contribution in [1.29, 1.82) is 0 Å². The van der Waals surface area contributed by atoms with Gasteiger partial charge in [0.1, 0.15) is 0 Å². The van der Waals surface area contributed by atoms with Crippen molar-refractivity contribution < 1.29 is 4.79 Å². The van der Waals surface area contributed by atoms with Crippen molar-refractivity contribution in [2.24, 2.45) is 0 Å². The first-order valence-corrected chi connectivity index (χ1v) is 6.71. The number of carbonyl (C=O) groups excluding carboxylic acids is 1. The number of benzene rings is 1. The number of alkyl halides is 1. The number of carbonyl (C=O) groups is 1. The van der Waals surface area contributed by atoms with Crippen molar-refractivity contribution in [3.05, 3.63) is 71.8 Å². The van der Waals surface area contributed by atoms with Gasteiger partial charge in [0.05, 0.1) is 4.87 Å². The van der Waals surface area contributed by atoms with Gasteiger partial charge in [0, 0.05) is 5.92 Å². The third-order valence-corrected chi connectivity index (χ3v) is 4.05. The lowest BCUT2D eigenvalue weighted by molar-refractivity contribution is -0.112. The van der Waals surface area contributed by atoms with Crippen LogP contribution in [0.3, 0.4) is 0 Å². The van der Waals surface area contributed by atoms with Crippen LogP contribution in [0, 0.1) is 0 Å². The molecule has 1 aromatic carbocycles. The van der Waals surface area contributed by atoms with E-state index in [0.29, 0.717) is 0 Å². The van der Waals surface area contributed by atoms with Crippen molar-refractivity contribution in [2.75, 3.05) is 0 Å². The summed E-state index contributed by atoms with van der Waals surface area (Å²) in [6.07, 6.45) is 9.59. The Labute approximate surface area is 119 Å². The minimum absolute atomic E-state index is 0.0206. The van der Waals surface area contributed by atoms with Crippen molar-refractivity contribution in [2.45, 2.75) is 24.6 Å². The summed E-state index contributed by atoms with van der Waals surface area (Å²) >= 11 is 6.81. The molecule has 0 N–H and O–H groups in total. The van der Waals surface area contributed by atoms with Crippen molar-refractivity contribution in [3.8, 4) is 0 Å². The summed E-state index contributed by atoms with van der Waals surface area (Å²) in [5, 5.41) is 0. The van der Waals surface area contributed by atoms with E-state index in [-0.39, 0.29) is 11.7 Å². The van der Waals surface area contributed by atoms with Crippen LogP contribution in [0.4, 0.5) is 0 Å². The van der Waals surface area contributed by atoms with Gasteiger partial charge in [0.15, 0.2) is 5.78 Å². The highest BCUT2D eigenvalue weighted by atomic mass is 35.5. The maximum Gasteiger partial charge on any atom is 0.152 e. The molecule has 1 nitrogen and oxygen atoms in total. The molecule has 19 heavy (non-hydrogen) atoms. The second-order valence-electron chi connectivity index (χ2n) is 4.84. The third kappa shape index (κ3) is 2.87. The number of rotatable bonds is 3. The number of halogens is 1. The predicted octanol–water partition coefficient (Wildman–Crippen LogP) is 4.41. The number of hydrogen-bond donors (Lipinski definition) is 0. The molecule has 0 amide bonds. The molecule has 0 radical (unpaired) electrons. The molecular formula is C17H17ClO. The summed E-state index contributed by atoms with van der Waals surface area (Å²) < 4.78 is 0. The van der Waals surface area contributed by atoms with Crippen LogP contribution in [0.25, 0.3) is 0 Å². The van der Waals surface area contributed by atoms with Crippen LogP contribution >= 0.6 is 11.6 Å². The lowest BCUT2D eigenvalue weighted by atomic mass is 9.78. The van der Waals surface area contributed by atoms with Crippen LogP contribution in [-0.4, -0.2) is 10.7 Å². The predicted molar refractivity (Wildman–Crippen MR) is 80.5 cm³/mol. The summed E-state index contributed by atoms with van der Waals surface area (Å²) in [5.41, 5.74) is 2.02. The topological polar surface area (TPSA) is 17.1 Å². The molecular weight excluding hydrogens is 256 g/mol. The number of hydrogen-bond acceptors (Lipinski definition) is 1. The zero-order chi connectivity index (χ0) is 13.9. The molecule has 0 aromatic heterocycles. The quantitative estimate of drug-likeness (QED) is 0.588. The first-order valence-electron chi connectivity index (χ1n) is 6.33. The van der Waals surface area contributed by atoms with Crippen LogP contribution < -0.4 is 0 Å². The fourth-order valence-corrected chi connectivity index (χ4v) is 2.75. The van der Waals surface area contributed by atoms with Gasteiger partial charge in [0.2, 0.25) is 0 Å². The normalized spacial score (nSPS) is 26.5. The molecule has 0 heterocycles. The van der Waals surface area contributed by atoms with Gasteiger partial charge in [-0.15, -0.1) is 11.6 Å². The van der Waals surface area contributed by atoms with Gasteiger partial charge in [-0.2, -0.15) is 0 Å². The Hall–Kier alpha value is -1.60. The van der Waals surface area contributed by atoms with Gasteiger partial charge in [-0.3, -0.25) is 4.79 Å². The first kappa shape index (κ1) is 13.8. The SMILES string of the molecule is CC(=O)/C=C(\C)C1(Cl)C=CC=CC1c1ccccc1. The lowest BCUT2D eigenvalue weighted by Gasteiger charge is -2.34. The van der Waals surface area contributed by atoms with E-state index in [1.165, 1.54) is 0 Å². The maximum atomic E-state index is 11.3. The van der Waals surface area contributed by atoms with E-state index in [9.17, 15) is 4.79 Å². The number of allylic oxidation sites excluding steroid dienone is 6. The van der Waals surface area contributed by atoms with E-state index in [4.69, 9.17) is 11.6 Å². The van der Waals surface area contributed by atoms with E-state index in [0.717, 1.165) is 11.1 Å². The van der Waals surface area contributed by atoms with Crippen molar-refractivity contribution >= 4 is 17.4 Å². The van der Waals surface area contributed by atoms with Crippen LogP contribution in [0.15, 0.2) is 66.3 Å². The van der Waals surface area contributed by atoms with Crippen molar-refractivity contribution in [1.82, 2.24) is 0 Å². The van der Waals surface area contributed by atoms with Gasteiger partial charge < -0.3 is 0 Å². The minimum Gasteiger partial charge on any atom is -0.295 e.